The predicted molar refractivity (Wildman–Crippen MR) is 68.5 cm³/mol. The average molecular weight is 296 g/mol. The van der Waals surface area contributed by atoms with E-state index in [1.165, 1.54) is 6.33 Å². The molecule has 1 aromatic heterocycles. The smallest absolute Gasteiger partial charge is 0.138 e. The Labute approximate surface area is 108 Å². The van der Waals surface area contributed by atoms with E-state index in [4.69, 9.17) is 0 Å². The summed E-state index contributed by atoms with van der Waals surface area (Å²) in [5.41, 5.74) is 2.03. The lowest BCUT2D eigenvalue weighted by molar-refractivity contribution is 0.173. The van der Waals surface area contributed by atoms with Gasteiger partial charge in [0.25, 0.3) is 0 Å². The number of aromatic nitrogens is 3. The largest absolute Gasteiger partial charge is 0.388 e. The van der Waals surface area contributed by atoms with E-state index in [-0.39, 0.29) is 0 Å². The minimum absolute atomic E-state index is 0.457. The highest BCUT2D eigenvalue weighted by atomic mass is 79.9. The van der Waals surface area contributed by atoms with E-state index >= 15 is 0 Å². The standard InChI is InChI=1S/C12H14BrN3O/c1-8-3-4-9(10(13)5-8)11(17)6-12-14-7-15-16(12)2/h3-5,7,11,17H,6H2,1-2H3. The summed E-state index contributed by atoms with van der Waals surface area (Å²) in [4.78, 5) is 4.11. The fourth-order valence-electron chi connectivity index (χ4n) is 1.69. The zero-order valence-electron chi connectivity index (χ0n) is 9.76. The first-order chi connectivity index (χ1) is 8.08. The number of aliphatic hydroxyl groups excluding tert-OH is 1. The van der Waals surface area contributed by atoms with Crippen molar-refractivity contribution < 1.29 is 5.11 Å². The summed E-state index contributed by atoms with van der Waals surface area (Å²) in [6, 6.07) is 5.91. The number of halogens is 1. The SMILES string of the molecule is Cc1ccc(C(O)Cc2ncnn2C)c(Br)c1. The molecule has 1 aromatic carbocycles. The fourth-order valence-corrected chi connectivity index (χ4v) is 2.45. The number of aryl methyl sites for hydroxylation is 2. The highest BCUT2D eigenvalue weighted by Gasteiger charge is 2.14. The molecule has 5 heteroatoms. The summed E-state index contributed by atoms with van der Waals surface area (Å²) in [7, 11) is 1.82. The normalized spacial score (nSPS) is 12.7. The topological polar surface area (TPSA) is 50.9 Å². The van der Waals surface area contributed by atoms with Crippen LogP contribution in [-0.2, 0) is 13.5 Å². The van der Waals surface area contributed by atoms with Gasteiger partial charge >= 0.3 is 0 Å². The molecular weight excluding hydrogens is 282 g/mol. The van der Waals surface area contributed by atoms with E-state index in [1.807, 2.05) is 32.2 Å². The van der Waals surface area contributed by atoms with Gasteiger partial charge in [-0.25, -0.2) is 4.98 Å². The molecule has 0 radical (unpaired) electrons. The first-order valence-electron chi connectivity index (χ1n) is 5.35. The molecule has 0 aliphatic heterocycles. The quantitative estimate of drug-likeness (QED) is 0.944. The summed E-state index contributed by atoms with van der Waals surface area (Å²) in [6.07, 6.45) is 1.37. The molecule has 0 amide bonds. The Hall–Kier alpha value is -1.20. The van der Waals surface area contributed by atoms with Gasteiger partial charge in [0, 0.05) is 17.9 Å². The van der Waals surface area contributed by atoms with E-state index in [0.29, 0.717) is 6.42 Å². The van der Waals surface area contributed by atoms with Crippen LogP contribution in [0.25, 0.3) is 0 Å². The lowest BCUT2D eigenvalue weighted by Crippen LogP contribution is -2.08. The molecule has 4 nitrogen and oxygen atoms in total. The van der Waals surface area contributed by atoms with Crippen molar-refractivity contribution in [3.8, 4) is 0 Å². The van der Waals surface area contributed by atoms with Gasteiger partial charge in [0.05, 0.1) is 6.10 Å². The Morgan fingerprint density at radius 1 is 1.47 bits per heavy atom. The molecule has 1 atom stereocenters. The molecule has 1 heterocycles. The summed E-state index contributed by atoms with van der Waals surface area (Å²) in [5, 5.41) is 14.2. The van der Waals surface area contributed by atoms with Crippen molar-refractivity contribution in [2.45, 2.75) is 19.4 Å². The van der Waals surface area contributed by atoms with Crippen LogP contribution in [0.2, 0.25) is 0 Å². The molecule has 0 saturated carbocycles. The van der Waals surface area contributed by atoms with Crippen molar-refractivity contribution in [2.24, 2.45) is 7.05 Å². The third-order valence-electron chi connectivity index (χ3n) is 2.70. The second-order valence-electron chi connectivity index (χ2n) is 4.04. The Kier molecular flexibility index (Phi) is 3.59. The lowest BCUT2D eigenvalue weighted by Gasteiger charge is -2.12. The third kappa shape index (κ3) is 2.73. The Balaban J connectivity index is 2.20. The number of benzene rings is 1. The first-order valence-corrected chi connectivity index (χ1v) is 6.14. The maximum Gasteiger partial charge on any atom is 0.138 e. The van der Waals surface area contributed by atoms with Crippen molar-refractivity contribution in [1.29, 1.82) is 0 Å². The molecule has 0 saturated heterocycles. The van der Waals surface area contributed by atoms with Crippen molar-refractivity contribution in [2.75, 3.05) is 0 Å². The van der Waals surface area contributed by atoms with Crippen LogP contribution in [0.1, 0.15) is 23.1 Å². The number of nitrogens with zero attached hydrogens (tertiary/aromatic N) is 3. The Morgan fingerprint density at radius 3 is 2.82 bits per heavy atom. The highest BCUT2D eigenvalue weighted by molar-refractivity contribution is 9.10. The molecule has 0 fully saturated rings. The van der Waals surface area contributed by atoms with Gasteiger partial charge in [0.2, 0.25) is 0 Å². The maximum absolute atomic E-state index is 10.2. The van der Waals surface area contributed by atoms with Gasteiger partial charge in [-0.1, -0.05) is 28.1 Å². The molecule has 17 heavy (non-hydrogen) atoms. The van der Waals surface area contributed by atoms with Crippen LogP contribution in [0.4, 0.5) is 0 Å². The summed E-state index contributed by atoms with van der Waals surface area (Å²) < 4.78 is 2.60. The molecule has 0 aliphatic rings. The van der Waals surface area contributed by atoms with Crippen LogP contribution in [0, 0.1) is 6.92 Å². The van der Waals surface area contributed by atoms with E-state index in [0.717, 1.165) is 21.4 Å². The van der Waals surface area contributed by atoms with Gasteiger partial charge in [-0.05, 0) is 24.1 Å². The first kappa shape index (κ1) is 12.3. The third-order valence-corrected chi connectivity index (χ3v) is 3.38. The summed E-state index contributed by atoms with van der Waals surface area (Å²) in [6.45, 7) is 2.02. The second-order valence-corrected chi connectivity index (χ2v) is 4.90. The van der Waals surface area contributed by atoms with Gasteiger partial charge in [0.15, 0.2) is 0 Å². The molecule has 1 unspecified atom stereocenters. The molecule has 90 valence electrons. The number of rotatable bonds is 3. The minimum Gasteiger partial charge on any atom is -0.388 e. The number of hydrogen-bond acceptors (Lipinski definition) is 3. The van der Waals surface area contributed by atoms with Gasteiger partial charge in [-0.3, -0.25) is 4.68 Å². The molecule has 2 aromatic rings. The Bertz CT molecular complexity index is 524. The summed E-state index contributed by atoms with van der Waals surface area (Å²) in [5.74, 6) is 0.768. The van der Waals surface area contributed by atoms with Crippen molar-refractivity contribution in [3.05, 3.63) is 46.0 Å². The second kappa shape index (κ2) is 4.98. The van der Waals surface area contributed by atoms with Crippen molar-refractivity contribution >= 4 is 15.9 Å². The van der Waals surface area contributed by atoms with Crippen LogP contribution in [0.15, 0.2) is 29.0 Å². The number of hydrogen-bond donors (Lipinski definition) is 1. The lowest BCUT2D eigenvalue weighted by atomic mass is 10.0. The van der Waals surface area contributed by atoms with Crippen molar-refractivity contribution in [1.82, 2.24) is 14.8 Å². The van der Waals surface area contributed by atoms with Crippen LogP contribution < -0.4 is 0 Å². The molecule has 0 spiro atoms. The van der Waals surface area contributed by atoms with Crippen LogP contribution in [0.3, 0.4) is 0 Å². The monoisotopic (exact) mass is 295 g/mol. The molecule has 2 rings (SSSR count). The fraction of sp³-hybridized carbons (Fsp3) is 0.333. The molecule has 0 aliphatic carbocycles. The zero-order chi connectivity index (χ0) is 12.4. The van der Waals surface area contributed by atoms with Gasteiger partial charge in [-0.15, -0.1) is 0 Å². The van der Waals surface area contributed by atoms with E-state index in [2.05, 4.69) is 26.0 Å². The minimum atomic E-state index is -0.576. The van der Waals surface area contributed by atoms with E-state index in [1.54, 1.807) is 4.68 Å². The van der Waals surface area contributed by atoms with Gasteiger partial charge in [-0.2, -0.15) is 5.10 Å². The van der Waals surface area contributed by atoms with Crippen LogP contribution >= 0.6 is 15.9 Å². The predicted octanol–water partition coefficient (Wildman–Crippen LogP) is 2.16. The molecular formula is C12H14BrN3O. The van der Waals surface area contributed by atoms with Crippen molar-refractivity contribution in [3.63, 3.8) is 0 Å². The Morgan fingerprint density at radius 2 is 2.24 bits per heavy atom. The molecule has 1 N–H and O–H groups in total. The van der Waals surface area contributed by atoms with E-state index in [9.17, 15) is 5.11 Å². The van der Waals surface area contributed by atoms with Gasteiger partial charge < -0.3 is 5.11 Å². The zero-order valence-corrected chi connectivity index (χ0v) is 11.3. The van der Waals surface area contributed by atoms with Gasteiger partial charge in [0.1, 0.15) is 12.2 Å². The average Bonchev–Trinajstić information content (AvgIpc) is 2.64. The summed E-state index contributed by atoms with van der Waals surface area (Å²) >= 11 is 3.47. The maximum atomic E-state index is 10.2. The van der Waals surface area contributed by atoms with E-state index < -0.39 is 6.10 Å². The van der Waals surface area contributed by atoms with Crippen LogP contribution in [-0.4, -0.2) is 19.9 Å². The number of aliphatic hydroxyl groups is 1. The molecule has 0 bridgehead atoms. The van der Waals surface area contributed by atoms with Crippen LogP contribution in [0.5, 0.6) is 0 Å². The highest BCUT2D eigenvalue weighted by Crippen LogP contribution is 2.26.